The van der Waals surface area contributed by atoms with E-state index in [9.17, 15) is 4.79 Å². The van der Waals surface area contributed by atoms with Gasteiger partial charge in [0, 0.05) is 13.1 Å². The zero-order valence-electron chi connectivity index (χ0n) is 13.5. The van der Waals surface area contributed by atoms with E-state index in [1.807, 2.05) is 18.5 Å². The Morgan fingerprint density at radius 2 is 2.25 bits per heavy atom. The van der Waals surface area contributed by atoms with Crippen LogP contribution < -0.4 is 10.6 Å². The van der Waals surface area contributed by atoms with Crippen LogP contribution in [0.1, 0.15) is 42.4 Å². The van der Waals surface area contributed by atoms with Crippen molar-refractivity contribution < 1.29 is 4.79 Å². The molecule has 0 aliphatic carbocycles. The predicted octanol–water partition coefficient (Wildman–Crippen LogP) is 1.51. The molecule has 0 spiro atoms. The number of aromatic nitrogens is 6. The fraction of sp³-hybridized carbons (Fsp3) is 0.400. The largest absolute Gasteiger partial charge is 0.368 e. The van der Waals surface area contributed by atoms with Gasteiger partial charge in [-0.2, -0.15) is 15.2 Å². The van der Waals surface area contributed by atoms with Gasteiger partial charge in [-0.15, -0.1) is 0 Å². The molecule has 3 aromatic heterocycles. The van der Waals surface area contributed by atoms with Gasteiger partial charge in [0.15, 0.2) is 0 Å². The summed E-state index contributed by atoms with van der Waals surface area (Å²) in [5.41, 5.74) is 1.86. The number of aryl methyl sites for hydroxylation is 1. The van der Waals surface area contributed by atoms with Crippen LogP contribution in [0, 0.1) is 0 Å². The minimum absolute atomic E-state index is 0.189. The lowest BCUT2D eigenvalue weighted by Crippen LogP contribution is -2.20. The molecule has 2 N–H and O–H groups in total. The average Bonchev–Trinajstić information content (AvgIpc) is 3.20. The summed E-state index contributed by atoms with van der Waals surface area (Å²) in [4.78, 5) is 21.0. The van der Waals surface area contributed by atoms with Crippen LogP contribution in [0.15, 0.2) is 18.6 Å². The summed E-state index contributed by atoms with van der Waals surface area (Å²) in [6.45, 7) is 5.79. The standard InChI is InChI=1S/C15H18N8O/c1-9(2)12-6-10(21-15-17-8-19-23(12)15)14(24)20-11-7-18-22-5-3-4-16-13(11)22/h6-9,16H,3-5H2,1-2H3,(H,20,24). The molecule has 0 unspecified atom stereocenters. The second-order valence-corrected chi connectivity index (χ2v) is 6.06. The van der Waals surface area contributed by atoms with Crippen molar-refractivity contribution in [3.05, 3.63) is 30.0 Å². The minimum atomic E-state index is -0.287. The molecule has 4 heterocycles. The number of carbonyl (C=O) groups excluding carboxylic acids is 1. The molecule has 9 nitrogen and oxygen atoms in total. The first-order valence-electron chi connectivity index (χ1n) is 7.95. The number of nitrogens with zero attached hydrogens (tertiary/aromatic N) is 6. The zero-order chi connectivity index (χ0) is 16.7. The van der Waals surface area contributed by atoms with Crippen LogP contribution >= 0.6 is 0 Å². The van der Waals surface area contributed by atoms with Crippen LogP contribution in [0.25, 0.3) is 5.78 Å². The van der Waals surface area contributed by atoms with Crippen molar-refractivity contribution in [2.75, 3.05) is 17.2 Å². The van der Waals surface area contributed by atoms with Gasteiger partial charge < -0.3 is 10.6 Å². The molecular weight excluding hydrogens is 308 g/mol. The number of rotatable bonds is 3. The molecule has 1 aliphatic heterocycles. The first-order chi connectivity index (χ1) is 11.6. The topological polar surface area (TPSA) is 102 Å². The first-order valence-corrected chi connectivity index (χ1v) is 7.95. The Labute approximate surface area is 138 Å². The van der Waals surface area contributed by atoms with E-state index >= 15 is 0 Å². The van der Waals surface area contributed by atoms with Crippen LogP contribution in [0.2, 0.25) is 0 Å². The van der Waals surface area contributed by atoms with Gasteiger partial charge in [0.25, 0.3) is 11.7 Å². The molecule has 0 saturated heterocycles. The normalized spacial score (nSPS) is 13.8. The zero-order valence-corrected chi connectivity index (χ0v) is 13.5. The summed E-state index contributed by atoms with van der Waals surface area (Å²) in [5, 5.41) is 14.6. The maximum Gasteiger partial charge on any atom is 0.274 e. The third-order valence-electron chi connectivity index (χ3n) is 4.03. The van der Waals surface area contributed by atoms with E-state index < -0.39 is 0 Å². The van der Waals surface area contributed by atoms with E-state index in [1.165, 1.54) is 6.33 Å². The van der Waals surface area contributed by atoms with Crippen LogP contribution in [-0.2, 0) is 6.54 Å². The lowest BCUT2D eigenvalue weighted by Gasteiger charge is -2.17. The van der Waals surface area contributed by atoms with Crippen LogP contribution in [0.4, 0.5) is 11.5 Å². The highest BCUT2D eigenvalue weighted by Gasteiger charge is 2.19. The summed E-state index contributed by atoms with van der Waals surface area (Å²) >= 11 is 0. The molecule has 0 bridgehead atoms. The second-order valence-electron chi connectivity index (χ2n) is 6.06. The Balaban J connectivity index is 1.67. The minimum Gasteiger partial charge on any atom is -0.368 e. The summed E-state index contributed by atoms with van der Waals surface area (Å²) in [7, 11) is 0. The number of fused-ring (bicyclic) bond motifs is 2. The molecular formula is C15H18N8O. The lowest BCUT2D eigenvalue weighted by molar-refractivity contribution is 0.102. The van der Waals surface area contributed by atoms with Crippen molar-refractivity contribution >= 4 is 23.2 Å². The molecule has 24 heavy (non-hydrogen) atoms. The monoisotopic (exact) mass is 326 g/mol. The van der Waals surface area contributed by atoms with Crippen LogP contribution in [0.5, 0.6) is 0 Å². The number of amides is 1. The molecule has 0 atom stereocenters. The Morgan fingerprint density at radius 1 is 1.38 bits per heavy atom. The highest BCUT2D eigenvalue weighted by atomic mass is 16.1. The van der Waals surface area contributed by atoms with Gasteiger partial charge in [-0.3, -0.25) is 4.79 Å². The first kappa shape index (κ1) is 14.6. The average molecular weight is 326 g/mol. The van der Waals surface area contributed by atoms with Crippen LogP contribution in [-0.4, -0.2) is 41.8 Å². The SMILES string of the molecule is CC(C)c1cc(C(=O)Nc2cnn3c2NCCC3)nc2ncnn12. The van der Waals surface area contributed by atoms with Crippen molar-refractivity contribution in [2.24, 2.45) is 0 Å². The molecule has 0 radical (unpaired) electrons. The predicted molar refractivity (Wildman–Crippen MR) is 88.2 cm³/mol. The van der Waals surface area contributed by atoms with Gasteiger partial charge >= 0.3 is 0 Å². The molecule has 3 aromatic rings. The number of nitrogens with one attached hydrogen (secondary N) is 2. The van der Waals surface area contributed by atoms with Gasteiger partial charge in [-0.25, -0.2) is 14.2 Å². The van der Waals surface area contributed by atoms with Crippen molar-refractivity contribution in [1.82, 2.24) is 29.4 Å². The molecule has 4 rings (SSSR count). The Morgan fingerprint density at radius 3 is 3.08 bits per heavy atom. The van der Waals surface area contributed by atoms with Gasteiger partial charge in [0.2, 0.25) is 0 Å². The Kier molecular flexibility index (Phi) is 3.40. The molecule has 9 heteroatoms. The van der Waals surface area contributed by atoms with Crippen molar-refractivity contribution in [3.63, 3.8) is 0 Å². The summed E-state index contributed by atoms with van der Waals surface area (Å²) in [6.07, 6.45) is 4.11. The van der Waals surface area contributed by atoms with E-state index in [0.717, 1.165) is 31.0 Å². The number of hydrogen-bond acceptors (Lipinski definition) is 6. The Bertz CT molecular complexity index is 909. The van der Waals surface area contributed by atoms with Gasteiger partial charge in [0.1, 0.15) is 23.5 Å². The van der Waals surface area contributed by atoms with Crippen molar-refractivity contribution in [1.29, 1.82) is 0 Å². The number of anilines is 2. The highest BCUT2D eigenvalue weighted by molar-refractivity contribution is 6.04. The number of carbonyl (C=O) groups is 1. The van der Waals surface area contributed by atoms with Crippen molar-refractivity contribution in [2.45, 2.75) is 32.7 Å². The molecule has 0 aromatic carbocycles. The summed E-state index contributed by atoms with van der Waals surface area (Å²) in [5.74, 6) is 1.16. The van der Waals surface area contributed by atoms with Gasteiger partial charge in [0.05, 0.1) is 11.9 Å². The quantitative estimate of drug-likeness (QED) is 0.756. The summed E-state index contributed by atoms with van der Waals surface area (Å²) in [6, 6.07) is 1.76. The highest BCUT2D eigenvalue weighted by Crippen LogP contribution is 2.25. The summed E-state index contributed by atoms with van der Waals surface area (Å²) < 4.78 is 3.51. The van der Waals surface area contributed by atoms with Gasteiger partial charge in [-0.1, -0.05) is 13.8 Å². The van der Waals surface area contributed by atoms with Crippen molar-refractivity contribution in [3.8, 4) is 0 Å². The molecule has 124 valence electrons. The maximum absolute atomic E-state index is 12.6. The molecule has 0 saturated carbocycles. The molecule has 1 amide bonds. The van der Waals surface area contributed by atoms with E-state index in [0.29, 0.717) is 17.2 Å². The fourth-order valence-corrected chi connectivity index (χ4v) is 2.82. The third-order valence-corrected chi connectivity index (χ3v) is 4.03. The maximum atomic E-state index is 12.6. The van der Waals surface area contributed by atoms with E-state index in [2.05, 4.69) is 30.8 Å². The second kappa shape index (κ2) is 5.59. The number of hydrogen-bond donors (Lipinski definition) is 2. The van der Waals surface area contributed by atoms with E-state index in [1.54, 1.807) is 16.8 Å². The van der Waals surface area contributed by atoms with E-state index in [4.69, 9.17) is 0 Å². The lowest BCUT2D eigenvalue weighted by atomic mass is 10.1. The Hall–Kier alpha value is -2.97. The molecule has 0 fully saturated rings. The smallest absolute Gasteiger partial charge is 0.274 e. The van der Waals surface area contributed by atoms with E-state index in [-0.39, 0.29) is 11.8 Å². The van der Waals surface area contributed by atoms with Gasteiger partial charge in [-0.05, 0) is 18.4 Å². The van der Waals surface area contributed by atoms with Crippen LogP contribution in [0.3, 0.4) is 0 Å². The molecule has 1 aliphatic rings. The fourth-order valence-electron chi connectivity index (χ4n) is 2.82. The third kappa shape index (κ3) is 2.38.